The monoisotopic (exact) mass is 255 g/mol. The molecule has 1 atom stereocenters. The smallest absolute Gasteiger partial charge is 0.0795 e. The van der Waals surface area contributed by atoms with Gasteiger partial charge < -0.3 is 5.73 Å². The molecule has 0 aliphatic rings. The van der Waals surface area contributed by atoms with Crippen molar-refractivity contribution >= 4 is 11.3 Å². The Morgan fingerprint density at radius 1 is 1.47 bits per heavy atom. The number of aromatic nitrogens is 1. The summed E-state index contributed by atoms with van der Waals surface area (Å²) < 4.78 is 0. The summed E-state index contributed by atoms with van der Waals surface area (Å²) in [5.74, 6) is 0. The SMILES string of the molecule is CCCCC(CC)(CN)N(C)Cc1cscn1. The lowest BCUT2D eigenvalue weighted by molar-refractivity contribution is 0.0988. The van der Waals surface area contributed by atoms with Gasteiger partial charge in [-0.25, -0.2) is 4.98 Å². The summed E-state index contributed by atoms with van der Waals surface area (Å²) in [5, 5.41) is 2.12. The molecule has 3 nitrogen and oxygen atoms in total. The van der Waals surface area contributed by atoms with Crippen LogP contribution in [0.15, 0.2) is 10.9 Å². The predicted molar refractivity (Wildman–Crippen MR) is 75.2 cm³/mol. The first-order valence-electron chi connectivity index (χ1n) is 6.47. The van der Waals surface area contributed by atoms with Crippen LogP contribution in [0, 0.1) is 0 Å². The van der Waals surface area contributed by atoms with Crippen molar-refractivity contribution in [2.24, 2.45) is 5.73 Å². The number of rotatable bonds is 8. The highest BCUT2D eigenvalue weighted by Crippen LogP contribution is 2.25. The van der Waals surface area contributed by atoms with E-state index in [1.54, 1.807) is 11.3 Å². The van der Waals surface area contributed by atoms with Gasteiger partial charge in [-0.15, -0.1) is 11.3 Å². The summed E-state index contributed by atoms with van der Waals surface area (Å²) in [6.45, 7) is 6.10. The van der Waals surface area contributed by atoms with Crippen LogP contribution >= 0.6 is 11.3 Å². The molecular weight excluding hydrogens is 230 g/mol. The molecule has 1 aromatic rings. The standard InChI is InChI=1S/C13H25N3S/c1-4-6-7-13(5-2,10-14)16(3)8-12-9-17-11-15-12/h9,11H,4-8,10,14H2,1-3H3. The number of nitrogens with two attached hydrogens (primary N) is 1. The molecule has 0 saturated carbocycles. The number of hydrogen-bond donors (Lipinski definition) is 1. The van der Waals surface area contributed by atoms with E-state index in [1.807, 2.05) is 5.51 Å². The molecule has 0 aliphatic heterocycles. The molecule has 0 aromatic carbocycles. The van der Waals surface area contributed by atoms with Crippen LogP contribution in [-0.2, 0) is 6.54 Å². The summed E-state index contributed by atoms with van der Waals surface area (Å²) >= 11 is 1.66. The highest BCUT2D eigenvalue weighted by atomic mass is 32.1. The molecule has 2 N–H and O–H groups in total. The Balaban J connectivity index is 2.68. The third-order valence-corrected chi connectivity index (χ3v) is 4.36. The van der Waals surface area contributed by atoms with E-state index in [1.165, 1.54) is 19.3 Å². The molecule has 17 heavy (non-hydrogen) atoms. The zero-order valence-electron chi connectivity index (χ0n) is 11.3. The summed E-state index contributed by atoms with van der Waals surface area (Å²) in [7, 11) is 2.17. The van der Waals surface area contributed by atoms with Gasteiger partial charge in [0.2, 0.25) is 0 Å². The van der Waals surface area contributed by atoms with Crippen LogP contribution in [0.3, 0.4) is 0 Å². The maximum absolute atomic E-state index is 6.03. The van der Waals surface area contributed by atoms with Crippen molar-refractivity contribution in [2.75, 3.05) is 13.6 Å². The first kappa shape index (κ1) is 14.6. The third kappa shape index (κ3) is 3.76. The Kier molecular flexibility index (Phi) is 6.09. The van der Waals surface area contributed by atoms with Crippen LogP contribution in [0.25, 0.3) is 0 Å². The van der Waals surface area contributed by atoms with E-state index in [0.29, 0.717) is 0 Å². The van der Waals surface area contributed by atoms with Crippen molar-refractivity contribution in [1.29, 1.82) is 0 Å². The first-order valence-corrected chi connectivity index (χ1v) is 7.41. The second kappa shape index (κ2) is 7.09. The predicted octanol–water partition coefficient (Wildman–Crippen LogP) is 2.87. The first-order chi connectivity index (χ1) is 8.18. The van der Waals surface area contributed by atoms with Gasteiger partial charge in [-0.05, 0) is 19.9 Å². The molecule has 0 saturated heterocycles. The van der Waals surface area contributed by atoms with Gasteiger partial charge in [-0.2, -0.15) is 0 Å². The Bertz CT molecular complexity index is 294. The normalized spacial score (nSPS) is 15.1. The Morgan fingerprint density at radius 3 is 2.71 bits per heavy atom. The highest BCUT2D eigenvalue weighted by Gasteiger charge is 2.30. The van der Waals surface area contributed by atoms with E-state index in [-0.39, 0.29) is 5.54 Å². The van der Waals surface area contributed by atoms with Crippen LogP contribution in [0.1, 0.15) is 45.2 Å². The van der Waals surface area contributed by atoms with Crippen molar-refractivity contribution in [3.05, 3.63) is 16.6 Å². The Morgan fingerprint density at radius 2 is 2.24 bits per heavy atom. The fourth-order valence-corrected chi connectivity index (χ4v) is 2.82. The van der Waals surface area contributed by atoms with E-state index < -0.39 is 0 Å². The van der Waals surface area contributed by atoms with Crippen molar-refractivity contribution in [3.63, 3.8) is 0 Å². The van der Waals surface area contributed by atoms with E-state index in [4.69, 9.17) is 5.73 Å². The zero-order valence-corrected chi connectivity index (χ0v) is 12.1. The van der Waals surface area contributed by atoms with Gasteiger partial charge in [0.1, 0.15) is 0 Å². The average molecular weight is 255 g/mol. The molecular formula is C13H25N3S. The lowest BCUT2D eigenvalue weighted by atomic mass is 9.88. The maximum Gasteiger partial charge on any atom is 0.0795 e. The van der Waals surface area contributed by atoms with Crippen LogP contribution in [0.5, 0.6) is 0 Å². The molecule has 1 aromatic heterocycles. The number of nitrogens with zero attached hydrogens (tertiary/aromatic N) is 2. The van der Waals surface area contributed by atoms with Crippen molar-refractivity contribution in [2.45, 2.75) is 51.6 Å². The molecule has 0 bridgehead atoms. The van der Waals surface area contributed by atoms with Crippen LogP contribution in [0.2, 0.25) is 0 Å². The zero-order chi connectivity index (χ0) is 12.7. The topological polar surface area (TPSA) is 42.1 Å². The van der Waals surface area contributed by atoms with Gasteiger partial charge >= 0.3 is 0 Å². The van der Waals surface area contributed by atoms with Gasteiger partial charge in [0.15, 0.2) is 0 Å². The quantitative estimate of drug-likeness (QED) is 0.776. The second-order valence-electron chi connectivity index (χ2n) is 4.72. The lowest BCUT2D eigenvalue weighted by Gasteiger charge is -2.40. The third-order valence-electron chi connectivity index (χ3n) is 3.73. The summed E-state index contributed by atoms with van der Waals surface area (Å²) in [5.41, 5.74) is 9.22. The van der Waals surface area contributed by atoms with Gasteiger partial charge in [0.05, 0.1) is 11.2 Å². The lowest BCUT2D eigenvalue weighted by Crippen LogP contribution is -2.51. The summed E-state index contributed by atoms with van der Waals surface area (Å²) in [6, 6.07) is 0. The molecule has 4 heteroatoms. The van der Waals surface area contributed by atoms with Crippen molar-refractivity contribution < 1.29 is 0 Å². The van der Waals surface area contributed by atoms with E-state index in [9.17, 15) is 0 Å². The van der Waals surface area contributed by atoms with E-state index in [2.05, 4.69) is 36.2 Å². The molecule has 1 heterocycles. The van der Waals surface area contributed by atoms with Gasteiger partial charge in [0.25, 0.3) is 0 Å². The minimum absolute atomic E-state index is 0.139. The summed E-state index contributed by atoms with van der Waals surface area (Å²) in [4.78, 5) is 6.74. The maximum atomic E-state index is 6.03. The van der Waals surface area contributed by atoms with Crippen molar-refractivity contribution in [3.8, 4) is 0 Å². The van der Waals surface area contributed by atoms with Gasteiger partial charge in [-0.3, -0.25) is 4.90 Å². The fourth-order valence-electron chi connectivity index (χ4n) is 2.27. The summed E-state index contributed by atoms with van der Waals surface area (Å²) in [6.07, 6.45) is 4.75. The van der Waals surface area contributed by atoms with Crippen LogP contribution < -0.4 is 5.73 Å². The molecule has 1 rings (SSSR count). The molecule has 1 unspecified atom stereocenters. The minimum atomic E-state index is 0.139. The van der Waals surface area contributed by atoms with Gasteiger partial charge in [0, 0.05) is 24.0 Å². The second-order valence-corrected chi connectivity index (χ2v) is 5.44. The highest BCUT2D eigenvalue weighted by molar-refractivity contribution is 7.07. The average Bonchev–Trinajstić information content (AvgIpc) is 2.84. The fraction of sp³-hybridized carbons (Fsp3) is 0.769. The van der Waals surface area contributed by atoms with Crippen LogP contribution in [-0.4, -0.2) is 29.0 Å². The molecule has 98 valence electrons. The molecule has 0 fully saturated rings. The van der Waals surface area contributed by atoms with Crippen LogP contribution in [0.4, 0.5) is 0 Å². The van der Waals surface area contributed by atoms with E-state index in [0.717, 1.165) is 25.2 Å². The molecule has 0 amide bonds. The minimum Gasteiger partial charge on any atom is -0.329 e. The van der Waals surface area contributed by atoms with E-state index >= 15 is 0 Å². The van der Waals surface area contributed by atoms with Gasteiger partial charge in [-0.1, -0.05) is 26.7 Å². The number of hydrogen-bond acceptors (Lipinski definition) is 4. The molecule has 0 spiro atoms. The largest absolute Gasteiger partial charge is 0.329 e. The Labute approximate surface area is 109 Å². The number of thiazole rings is 1. The molecule has 0 radical (unpaired) electrons. The number of likely N-dealkylation sites (N-methyl/N-ethyl adjacent to an activating group) is 1. The van der Waals surface area contributed by atoms with Crippen molar-refractivity contribution in [1.82, 2.24) is 9.88 Å². The molecule has 0 aliphatic carbocycles. The number of unbranched alkanes of at least 4 members (excludes halogenated alkanes) is 1. The Hall–Kier alpha value is -0.450.